The zero-order valence-corrected chi connectivity index (χ0v) is 11.1. The third-order valence-corrected chi connectivity index (χ3v) is 3.81. The van der Waals surface area contributed by atoms with E-state index in [0.717, 1.165) is 36.2 Å². The van der Waals surface area contributed by atoms with Crippen LogP contribution in [-0.2, 0) is 19.4 Å². The van der Waals surface area contributed by atoms with Crippen LogP contribution in [-0.4, -0.2) is 4.57 Å². The Labute approximate surface area is 112 Å². The first kappa shape index (κ1) is 12.2. The van der Waals surface area contributed by atoms with E-state index in [-0.39, 0.29) is 5.56 Å². The van der Waals surface area contributed by atoms with Crippen molar-refractivity contribution in [2.24, 2.45) is 5.73 Å². The van der Waals surface area contributed by atoms with Gasteiger partial charge in [-0.15, -0.1) is 0 Å². The molecule has 0 radical (unpaired) electrons. The molecule has 0 aliphatic heterocycles. The Morgan fingerprint density at radius 2 is 2.11 bits per heavy atom. The minimum atomic E-state index is 0.0359. The molecule has 98 valence electrons. The van der Waals surface area contributed by atoms with Crippen molar-refractivity contribution in [2.75, 3.05) is 0 Å². The van der Waals surface area contributed by atoms with Crippen LogP contribution in [0, 0.1) is 6.92 Å². The van der Waals surface area contributed by atoms with Gasteiger partial charge in [-0.25, -0.2) is 0 Å². The molecule has 1 aliphatic carbocycles. The average molecular weight is 254 g/mol. The van der Waals surface area contributed by atoms with Gasteiger partial charge in [-0.05, 0) is 55.5 Å². The molecule has 2 aromatic rings. The molecule has 0 fully saturated rings. The summed E-state index contributed by atoms with van der Waals surface area (Å²) in [6, 6.07) is 10.1. The van der Waals surface area contributed by atoms with Crippen LogP contribution in [0.4, 0.5) is 0 Å². The molecular weight excluding hydrogens is 236 g/mol. The van der Waals surface area contributed by atoms with E-state index in [1.54, 1.807) is 0 Å². The molecule has 3 rings (SSSR count). The summed E-state index contributed by atoms with van der Waals surface area (Å²) in [7, 11) is 0. The normalized spacial score (nSPS) is 13.6. The lowest BCUT2D eigenvalue weighted by atomic mass is 10.1. The second-order valence-electron chi connectivity index (χ2n) is 5.18. The smallest absolute Gasteiger partial charge is 0.259 e. The van der Waals surface area contributed by atoms with Gasteiger partial charge in [0, 0.05) is 23.5 Å². The molecule has 1 aliphatic rings. The first-order chi connectivity index (χ1) is 9.20. The monoisotopic (exact) mass is 254 g/mol. The van der Waals surface area contributed by atoms with E-state index in [1.807, 2.05) is 35.8 Å². The molecular formula is C16H18N2O. The van der Waals surface area contributed by atoms with E-state index in [0.29, 0.717) is 12.1 Å². The van der Waals surface area contributed by atoms with Crippen molar-refractivity contribution in [3.8, 4) is 5.69 Å². The highest BCUT2D eigenvalue weighted by Crippen LogP contribution is 2.24. The Bertz CT molecular complexity index is 686. The maximum atomic E-state index is 12.6. The van der Waals surface area contributed by atoms with Crippen LogP contribution >= 0.6 is 0 Å². The maximum Gasteiger partial charge on any atom is 0.259 e. The number of fused-ring (bicyclic) bond motifs is 1. The van der Waals surface area contributed by atoms with Crippen molar-refractivity contribution < 1.29 is 0 Å². The highest BCUT2D eigenvalue weighted by atomic mass is 16.1. The lowest BCUT2D eigenvalue weighted by molar-refractivity contribution is 0.837. The second-order valence-corrected chi connectivity index (χ2v) is 5.18. The summed E-state index contributed by atoms with van der Waals surface area (Å²) in [6.45, 7) is 2.35. The fraction of sp³-hybridized carbons (Fsp3) is 0.312. The Balaban J connectivity index is 2.31. The van der Waals surface area contributed by atoms with Gasteiger partial charge in [0.25, 0.3) is 5.56 Å². The van der Waals surface area contributed by atoms with Crippen molar-refractivity contribution >= 4 is 0 Å². The van der Waals surface area contributed by atoms with E-state index in [4.69, 9.17) is 5.73 Å². The van der Waals surface area contributed by atoms with Gasteiger partial charge >= 0.3 is 0 Å². The van der Waals surface area contributed by atoms with Crippen LogP contribution in [0.15, 0.2) is 35.1 Å². The summed E-state index contributed by atoms with van der Waals surface area (Å²) in [5.74, 6) is 0. The van der Waals surface area contributed by atoms with Gasteiger partial charge < -0.3 is 5.73 Å². The summed E-state index contributed by atoms with van der Waals surface area (Å²) >= 11 is 0. The lowest BCUT2D eigenvalue weighted by Gasteiger charge is -2.14. The average Bonchev–Trinajstić information content (AvgIpc) is 2.85. The SMILES string of the molecule is Cc1cccc(-n2c3c(cc(CN)c2=O)CCC3)c1. The topological polar surface area (TPSA) is 48.0 Å². The number of nitrogens with two attached hydrogens (primary N) is 1. The van der Waals surface area contributed by atoms with Gasteiger partial charge in [0.15, 0.2) is 0 Å². The molecule has 3 nitrogen and oxygen atoms in total. The van der Waals surface area contributed by atoms with E-state index in [9.17, 15) is 4.79 Å². The summed E-state index contributed by atoms with van der Waals surface area (Å²) in [5, 5.41) is 0. The number of benzene rings is 1. The number of rotatable bonds is 2. The fourth-order valence-electron chi connectivity index (χ4n) is 2.89. The Morgan fingerprint density at radius 1 is 1.26 bits per heavy atom. The van der Waals surface area contributed by atoms with Gasteiger partial charge in [0.05, 0.1) is 0 Å². The Hall–Kier alpha value is -1.87. The molecule has 1 heterocycles. The van der Waals surface area contributed by atoms with E-state index >= 15 is 0 Å². The summed E-state index contributed by atoms with van der Waals surface area (Å²) in [4.78, 5) is 12.6. The third kappa shape index (κ3) is 2.00. The molecule has 0 amide bonds. The van der Waals surface area contributed by atoms with E-state index in [2.05, 4.69) is 6.07 Å². The summed E-state index contributed by atoms with van der Waals surface area (Å²) in [6.07, 6.45) is 3.15. The van der Waals surface area contributed by atoms with Gasteiger partial charge in [-0.2, -0.15) is 0 Å². The first-order valence-corrected chi connectivity index (χ1v) is 6.74. The van der Waals surface area contributed by atoms with Crippen molar-refractivity contribution in [3.05, 3.63) is 63.1 Å². The molecule has 2 N–H and O–H groups in total. The molecule has 1 aromatic heterocycles. The molecule has 0 unspecified atom stereocenters. The predicted octanol–water partition coefficient (Wildman–Crippen LogP) is 2.09. The maximum absolute atomic E-state index is 12.6. The molecule has 3 heteroatoms. The molecule has 0 saturated heterocycles. The molecule has 1 aromatic carbocycles. The van der Waals surface area contributed by atoms with Crippen molar-refractivity contribution in [2.45, 2.75) is 32.7 Å². The quantitative estimate of drug-likeness (QED) is 0.892. The number of pyridine rings is 1. The number of aryl methyl sites for hydroxylation is 2. The number of nitrogens with zero attached hydrogens (tertiary/aromatic N) is 1. The van der Waals surface area contributed by atoms with Gasteiger partial charge in [-0.1, -0.05) is 12.1 Å². The van der Waals surface area contributed by atoms with Crippen LogP contribution in [0.2, 0.25) is 0 Å². The van der Waals surface area contributed by atoms with Gasteiger partial charge in [0.2, 0.25) is 0 Å². The highest BCUT2D eigenvalue weighted by Gasteiger charge is 2.19. The van der Waals surface area contributed by atoms with Crippen LogP contribution in [0.1, 0.15) is 28.8 Å². The zero-order valence-electron chi connectivity index (χ0n) is 11.1. The minimum Gasteiger partial charge on any atom is -0.326 e. The number of hydrogen-bond acceptors (Lipinski definition) is 2. The molecule has 0 spiro atoms. The van der Waals surface area contributed by atoms with Crippen molar-refractivity contribution in [3.63, 3.8) is 0 Å². The van der Waals surface area contributed by atoms with E-state index in [1.165, 1.54) is 5.56 Å². The van der Waals surface area contributed by atoms with Crippen LogP contribution in [0.25, 0.3) is 5.69 Å². The summed E-state index contributed by atoms with van der Waals surface area (Å²) < 4.78 is 1.86. The van der Waals surface area contributed by atoms with Crippen LogP contribution in [0.5, 0.6) is 0 Å². The molecule has 19 heavy (non-hydrogen) atoms. The summed E-state index contributed by atoms with van der Waals surface area (Å²) in [5.41, 5.74) is 11.0. The van der Waals surface area contributed by atoms with Crippen LogP contribution < -0.4 is 11.3 Å². The number of aromatic nitrogens is 1. The Morgan fingerprint density at radius 3 is 2.84 bits per heavy atom. The third-order valence-electron chi connectivity index (χ3n) is 3.81. The standard InChI is InChI=1S/C16H18N2O/c1-11-4-2-6-14(8-11)18-15-7-3-5-12(15)9-13(10-17)16(18)19/h2,4,6,8-9H,3,5,7,10,17H2,1H3. The van der Waals surface area contributed by atoms with Crippen LogP contribution in [0.3, 0.4) is 0 Å². The second kappa shape index (κ2) is 4.67. The molecule has 0 saturated carbocycles. The largest absolute Gasteiger partial charge is 0.326 e. The first-order valence-electron chi connectivity index (χ1n) is 6.74. The highest BCUT2D eigenvalue weighted by molar-refractivity contribution is 5.42. The number of hydrogen-bond donors (Lipinski definition) is 1. The predicted molar refractivity (Wildman–Crippen MR) is 76.7 cm³/mol. The fourth-order valence-corrected chi connectivity index (χ4v) is 2.89. The lowest BCUT2D eigenvalue weighted by Crippen LogP contribution is -2.27. The molecule has 0 atom stereocenters. The zero-order chi connectivity index (χ0) is 13.4. The molecule has 0 bridgehead atoms. The Kier molecular flexibility index (Phi) is 2.99. The minimum absolute atomic E-state index is 0.0359. The van der Waals surface area contributed by atoms with Gasteiger partial charge in [0.1, 0.15) is 0 Å². The van der Waals surface area contributed by atoms with Crippen molar-refractivity contribution in [1.82, 2.24) is 4.57 Å². The van der Waals surface area contributed by atoms with Crippen molar-refractivity contribution in [1.29, 1.82) is 0 Å². The van der Waals surface area contributed by atoms with Gasteiger partial charge in [-0.3, -0.25) is 9.36 Å². The van der Waals surface area contributed by atoms with E-state index < -0.39 is 0 Å².